The number of rotatable bonds is 6. The van der Waals surface area contributed by atoms with Gasteiger partial charge in [0.15, 0.2) is 0 Å². The van der Waals surface area contributed by atoms with Gasteiger partial charge in [-0.05, 0) is 49.6 Å². The molecule has 30 heavy (non-hydrogen) atoms. The lowest BCUT2D eigenvalue weighted by Gasteiger charge is -2.15. The highest BCUT2D eigenvalue weighted by Gasteiger charge is 2.17. The van der Waals surface area contributed by atoms with Gasteiger partial charge in [0.2, 0.25) is 5.96 Å². The number of hydrogen-bond acceptors (Lipinski definition) is 5. The van der Waals surface area contributed by atoms with E-state index in [1.165, 1.54) is 14.2 Å². The van der Waals surface area contributed by atoms with Gasteiger partial charge in [0.25, 0.3) is 5.91 Å². The molecular formula is C22H26ClN3O4. The van der Waals surface area contributed by atoms with Gasteiger partial charge in [0.05, 0.1) is 37.6 Å². The Morgan fingerprint density at radius 1 is 1.20 bits per heavy atom. The molecule has 0 spiro atoms. The van der Waals surface area contributed by atoms with Crippen LogP contribution < -0.4 is 20.1 Å². The van der Waals surface area contributed by atoms with E-state index < -0.39 is 0 Å². The van der Waals surface area contributed by atoms with E-state index in [0.717, 1.165) is 25.0 Å². The zero-order chi connectivity index (χ0) is 21.5. The maximum Gasteiger partial charge on any atom is 0.258 e. The molecule has 1 heterocycles. The van der Waals surface area contributed by atoms with Gasteiger partial charge < -0.3 is 19.5 Å². The zero-order valence-electron chi connectivity index (χ0n) is 17.3. The van der Waals surface area contributed by atoms with Crippen LogP contribution in [0.1, 0.15) is 28.8 Å². The summed E-state index contributed by atoms with van der Waals surface area (Å²) in [4.78, 5) is 17.5. The fraction of sp³-hybridized carbons (Fsp3) is 0.364. The van der Waals surface area contributed by atoms with E-state index in [4.69, 9.17) is 25.8 Å². The number of nitrogens with zero attached hydrogens (tertiary/aromatic N) is 1. The fourth-order valence-electron chi connectivity index (χ4n) is 3.06. The molecule has 1 aliphatic rings. The van der Waals surface area contributed by atoms with E-state index >= 15 is 0 Å². The van der Waals surface area contributed by atoms with Crippen LogP contribution in [0.5, 0.6) is 11.5 Å². The summed E-state index contributed by atoms with van der Waals surface area (Å²) in [6.45, 7) is 3.14. The molecule has 2 aromatic rings. The first kappa shape index (κ1) is 21.9. The van der Waals surface area contributed by atoms with E-state index in [1.807, 2.05) is 25.1 Å². The highest BCUT2D eigenvalue weighted by molar-refractivity contribution is 6.34. The number of ether oxygens (including phenoxy) is 3. The number of halogens is 1. The molecule has 0 saturated carbocycles. The molecule has 0 unspecified atom stereocenters. The summed E-state index contributed by atoms with van der Waals surface area (Å²) in [6.07, 6.45) is 2.01. The third kappa shape index (κ3) is 5.87. The van der Waals surface area contributed by atoms with Crippen LogP contribution in [0.2, 0.25) is 5.02 Å². The molecule has 0 bridgehead atoms. The number of nitrogens with one attached hydrogen (secondary N) is 2. The molecule has 0 aliphatic carbocycles. The molecule has 0 aromatic heterocycles. The number of guanidine groups is 1. The Hall–Kier alpha value is -2.77. The van der Waals surface area contributed by atoms with Gasteiger partial charge in [0.1, 0.15) is 11.5 Å². The average Bonchev–Trinajstić information content (AvgIpc) is 3.27. The van der Waals surface area contributed by atoms with Crippen LogP contribution in [0.4, 0.5) is 5.69 Å². The predicted molar refractivity (Wildman–Crippen MR) is 118 cm³/mol. The van der Waals surface area contributed by atoms with Crippen molar-refractivity contribution in [2.75, 3.05) is 32.7 Å². The number of anilines is 1. The van der Waals surface area contributed by atoms with Crippen molar-refractivity contribution in [3.8, 4) is 11.5 Å². The highest BCUT2D eigenvalue weighted by Crippen LogP contribution is 2.24. The van der Waals surface area contributed by atoms with Crippen LogP contribution >= 0.6 is 11.6 Å². The van der Waals surface area contributed by atoms with E-state index in [0.29, 0.717) is 40.3 Å². The standard InChI is InChI=1S/C22H26ClN3O4/c1-14-6-7-20(19(23)9-14)25-22(24-13-16-5-4-8-30-16)26-21(27)15-10-17(28-2)12-18(11-15)29-3/h6-7,9-12,16H,4-5,8,13H2,1-3H3,(H2,24,25,26,27)/t16-/m0/s1. The Morgan fingerprint density at radius 3 is 2.53 bits per heavy atom. The van der Waals surface area contributed by atoms with Gasteiger partial charge in [-0.3, -0.25) is 10.1 Å². The topological polar surface area (TPSA) is 81.2 Å². The van der Waals surface area contributed by atoms with Crippen molar-refractivity contribution < 1.29 is 19.0 Å². The molecule has 1 aliphatic heterocycles. The van der Waals surface area contributed by atoms with Crippen molar-refractivity contribution in [3.05, 3.63) is 52.5 Å². The van der Waals surface area contributed by atoms with Crippen molar-refractivity contribution in [1.82, 2.24) is 5.32 Å². The third-order valence-electron chi connectivity index (χ3n) is 4.70. The smallest absolute Gasteiger partial charge is 0.258 e. The quantitative estimate of drug-likeness (QED) is 0.533. The summed E-state index contributed by atoms with van der Waals surface area (Å²) in [6, 6.07) is 10.6. The Kier molecular flexibility index (Phi) is 7.54. The maximum atomic E-state index is 12.9. The maximum absolute atomic E-state index is 12.9. The number of aryl methyl sites for hydroxylation is 1. The lowest BCUT2D eigenvalue weighted by atomic mass is 10.2. The molecule has 1 saturated heterocycles. The van der Waals surface area contributed by atoms with Gasteiger partial charge in [-0.2, -0.15) is 0 Å². The van der Waals surface area contributed by atoms with Crippen LogP contribution in [0.15, 0.2) is 41.4 Å². The third-order valence-corrected chi connectivity index (χ3v) is 5.01. The Morgan fingerprint density at radius 2 is 1.93 bits per heavy atom. The minimum atomic E-state index is -0.353. The van der Waals surface area contributed by atoms with Crippen molar-refractivity contribution >= 4 is 29.2 Å². The summed E-state index contributed by atoms with van der Waals surface area (Å²) in [5.41, 5.74) is 2.07. The lowest BCUT2D eigenvalue weighted by molar-refractivity contribution is 0.0975. The number of carbonyl (C=O) groups is 1. The minimum Gasteiger partial charge on any atom is -0.497 e. The first-order valence-corrected chi connectivity index (χ1v) is 10.1. The van der Waals surface area contributed by atoms with Crippen LogP contribution in [0.3, 0.4) is 0 Å². The van der Waals surface area contributed by atoms with E-state index in [1.54, 1.807) is 18.2 Å². The van der Waals surface area contributed by atoms with Crippen LogP contribution in [0, 0.1) is 6.92 Å². The Bertz CT molecular complexity index is 904. The number of methoxy groups -OCH3 is 2. The second kappa shape index (κ2) is 10.3. The van der Waals surface area contributed by atoms with Crippen molar-refractivity contribution in [2.45, 2.75) is 25.9 Å². The first-order chi connectivity index (χ1) is 14.5. The normalized spacial score (nSPS) is 16.3. The molecule has 1 atom stereocenters. The predicted octanol–water partition coefficient (Wildman–Crippen LogP) is 4.04. The van der Waals surface area contributed by atoms with Crippen molar-refractivity contribution in [1.29, 1.82) is 0 Å². The van der Waals surface area contributed by atoms with Gasteiger partial charge in [-0.15, -0.1) is 0 Å². The Balaban J connectivity index is 1.82. The molecule has 3 rings (SSSR count). The largest absolute Gasteiger partial charge is 0.497 e. The molecular weight excluding hydrogens is 406 g/mol. The second-order valence-electron chi connectivity index (χ2n) is 6.99. The van der Waals surface area contributed by atoms with Gasteiger partial charge in [-0.1, -0.05) is 17.7 Å². The summed E-state index contributed by atoms with van der Waals surface area (Å²) in [7, 11) is 3.07. The van der Waals surface area contributed by atoms with Crippen LogP contribution in [-0.2, 0) is 4.74 Å². The monoisotopic (exact) mass is 431 g/mol. The molecule has 2 N–H and O–H groups in total. The summed E-state index contributed by atoms with van der Waals surface area (Å²) >= 11 is 6.35. The first-order valence-electron chi connectivity index (χ1n) is 9.72. The number of hydrogen-bond donors (Lipinski definition) is 2. The summed E-state index contributed by atoms with van der Waals surface area (Å²) < 4.78 is 16.1. The van der Waals surface area contributed by atoms with Crippen LogP contribution in [-0.4, -0.2) is 45.3 Å². The lowest BCUT2D eigenvalue weighted by Crippen LogP contribution is -2.37. The van der Waals surface area contributed by atoms with E-state index in [-0.39, 0.29) is 12.0 Å². The summed E-state index contributed by atoms with van der Waals surface area (Å²) in [5, 5.41) is 6.49. The molecule has 0 radical (unpaired) electrons. The molecule has 2 aromatic carbocycles. The van der Waals surface area contributed by atoms with E-state index in [9.17, 15) is 4.79 Å². The Labute approximate surface area is 181 Å². The van der Waals surface area contributed by atoms with Crippen molar-refractivity contribution in [2.24, 2.45) is 4.99 Å². The number of aliphatic imine (C=N–C) groups is 1. The number of amides is 1. The molecule has 7 nitrogen and oxygen atoms in total. The highest BCUT2D eigenvalue weighted by atomic mass is 35.5. The fourth-order valence-corrected chi connectivity index (χ4v) is 3.34. The van der Waals surface area contributed by atoms with Crippen LogP contribution in [0.25, 0.3) is 0 Å². The van der Waals surface area contributed by atoms with Gasteiger partial charge in [0, 0.05) is 18.2 Å². The average molecular weight is 432 g/mol. The minimum absolute atomic E-state index is 0.0455. The van der Waals surface area contributed by atoms with E-state index in [2.05, 4.69) is 15.6 Å². The molecule has 1 fully saturated rings. The van der Waals surface area contributed by atoms with Gasteiger partial charge >= 0.3 is 0 Å². The molecule has 8 heteroatoms. The number of carbonyl (C=O) groups excluding carboxylic acids is 1. The zero-order valence-corrected chi connectivity index (χ0v) is 18.1. The van der Waals surface area contributed by atoms with Crippen molar-refractivity contribution in [3.63, 3.8) is 0 Å². The summed E-state index contributed by atoms with van der Waals surface area (Å²) in [5.74, 6) is 0.982. The molecule has 1 amide bonds. The molecule has 160 valence electrons. The second-order valence-corrected chi connectivity index (χ2v) is 7.40. The van der Waals surface area contributed by atoms with Gasteiger partial charge in [-0.25, -0.2) is 4.99 Å². The number of benzene rings is 2. The SMILES string of the molecule is COc1cc(OC)cc(C(=O)NC(=NC[C@@H]2CCCO2)Nc2ccc(C)cc2Cl)c1.